The maximum absolute atomic E-state index is 4.78. The summed E-state index contributed by atoms with van der Waals surface area (Å²) in [5, 5.41) is 0. The van der Waals surface area contributed by atoms with Crippen molar-refractivity contribution in [3.63, 3.8) is 0 Å². The topological polar surface area (TPSA) is 29.0 Å². The van der Waals surface area contributed by atoms with Gasteiger partial charge in [0, 0.05) is 36.5 Å². The molecule has 0 bridgehead atoms. The number of piperidine rings is 1. The molecule has 3 nitrogen and oxygen atoms in total. The summed E-state index contributed by atoms with van der Waals surface area (Å²) in [7, 11) is 0. The Balaban J connectivity index is 1.61. The highest BCUT2D eigenvalue weighted by atomic mass is 15.2. The second kappa shape index (κ2) is 7.02. The lowest BCUT2D eigenvalue weighted by atomic mass is 9.90. The van der Waals surface area contributed by atoms with Gasteiger partial charge in [-0.3, -0.25) is 14.9 Å². The summed E-state index contributed by atoms with van der Waals surface area (Å²) in [6.07, 6.45) is 11.8. The zero-order valence-electron chi connectivity index (χ0n) is 14.6. The average Bonchev–Trinajstić information content (AvgIpc) is 3.17. The van der Waals surface area contributed by atoms with Crippen molar-refractivity contribution in [3.8, 4) is 11.3 Å². The Bertz CT molecular complexity index is 691. The van der Waals surface area contributed by atoms with Crippen molar-refractivity contribution in [2.45, 2.75) is 57.4 Å². The normalized spacial score (nSPS) is 22.8. The van der Waals surface area contributed by atoms with Gasteiger partial charge in [0.05, 0.1) is 11.4 Å². The Morgan fingerprint density at radius 3 is 2.67 bits per heavy atom. The van der Waals surface area contributed by atoms with Gasteiger partial charge in [-0.25, -0.2) is 0 Å². The minimum atomic E-state index is 0.517. The number of nitrogens with zero attached hydrogens (tertiary/aromatic N) is 3. The van der Waals surface area contributed by atoms with Crippen molar-refractivity contribution in [2.24, 2.45) is 0 Å². The molecule has 0 N–H and O–H groups in total. The lowest BCUT2D eigenvalue weighted by Gasteiger charge is -2.37. The van der Waals surface area contributed by atoms with Crippen LogP contribution in [0.15, 0.2) is 36.7 Å². The highest BCUT2D eigenvalue weighted by Crippen LogP contribution is 2.34. The van der Waals surface area contributed by atoms with Crippen LogP contribution in [0.1, 0.15) is 55.7 Å². The van der Waals surface area contributed by atoms with Gasteiger partial charge in [0.25, 0.3) is 0 Å². The number of hydrogen-bond donors (Lipinski definition) is 0. The second-order valence-electron chi connectivity index (χ2n) is 7.43. The van der Waals surface area contributed by atoms with Crippen LogP contribution in [0.3, 0.4) is 0 Å². The zero-order chi connectivity index (χ0) is 16.4. The first-order chi connectivity index (χ1) is 11.8. The minimum Gasteiger partial charge on any atom is -0.300 e. The second-order valence-corrected chi connectivity index (χ2v) is 7.43. The van der Waals surface area contributed by atoms with E-state index >= 15 is 0 Å². The number of aromatic nitrogens is 2. The lowest BCUT2D eigenvalue weighted by Crippen LogP contribution is -2.41. The van der Waals surface area contributed by atoms with Crippen LogP contribution in [0, 0.1) is 6.92 Å². The number of benzene rings is 1. The van der Waals surface area contributed by atoms with Gasteiger partial charge in [0.2, 0.25) is 0 Å². The van der Waals surface area contributed by atoms with E-state index in [9.17, 15) is 0 Å². The predicted molar refractivity (Wildman–Crippen MR) is 98.0 cm³/mol. The molecule has 4 rings (SSSR count). The van der Waals surface area contributed by atoms with Crippen LogP contribution in [0.5, 0.6) is 0 Å². The van der Waals surface area contributed by atoms with Gasteiger partial charge in [-0.15, -0.1) is 0 Å². The van der Waals surface area contributed by atoms with Gasteiger partial charge in [0.1, 0.15) is 0 Å². The fourth-order valence-corrected chi connectivity index (χ4v) is 4.49. The monoisotopic (exact) mass is 321 g/mol. The highest BCUT2D eigenvalue weighted by molar-refractivity contribution is 5.63. The molecule has 1 atom stereocenters. The van der Waals surface area contributed by atoms with E-state index in [0.717, 1.165) is 18.3 Å². The lowest BCUT2D eigenvalue weighted by molar-refractivity contribution is 0.149. The molecular formula is C21H27N3. The van der Waals surface area contributed by atoms with E-state index in [2.05, 4.69) is 36.1 Å². The third kappa shape index (κ3) is 3.23. The van der Waals surface area contributed by atoms with E-state index in [1.165, 1.54) is 61.9 Å². The number of hydrogen-bond acceptors (Lipinski definition) is 3. The maximum atomic E-state index is 4.78. The molecule has 0 spiro atoms. The summed E-state index contributed by atoms with van der Waals surface area (Å²) in [5.41, 5.74) is 4.77. The number of aryl methyl sites for hydroxylation is 1. The molecule has 2 aliphatic rings. The third-order valence-corrected chi connectivity index (χ3v) is 5.70. The molecule has 1 aliphatic carbocycles. The van der Waals surface area contributed by atoms with E-state index in [1.807, 2.05) is 12.4 Å². The summed E-state index contributed by atoms with van der Waals surface area (Å²) in [6.45, 7) is 4.56. The van der Waals surface area contributed by atoms with Crippen LogP contribution in [0.25, 0.3) is 11.3 Å². The summed E-state index contributed by atoms with van der Waals surface area (Å²) in [4.78, 5) is 12.2. The van der Waals surface area contributed by atoms with E-state index in [1.54, 1.807) is 0 Å². The van der Waals surface area contributed by atoms with Crippen LogP contribution in [0.2, 0.25) is 0 Å². The summed E-state index contributed by atoms with van der Waals surface area (Å²) >= 11 is 0. The van der Waals surface area contributed by atoms with Crippen LogP contribution in [0.4, 0.5) is 0 Å². The minimum absolute atomic E-state index is 0.517. The molecule has 1 aromatic heterocycles. The molecule has 126 valence electrons. The Morgan fingerprint density at radius 2 is 1.83 bits per heavy atom. The summed E-state index contributed by atoms with van der Waals surface area (Å²) < 4.78 is 0. The molecule has 3 heteroatoms. The first-order valence-electron chi connectivity index (χ1n) is 9.43. The van der Waals surface area contributed by atoms with E-state index in [4.69, 9.17) is 9.97 Å². The van der Waals surface area contributed by atoms with Crippen molar-refractivity contribution in [1.29, 1.82) is 0 Å². The van der Waals surface area contributed by atoms with Crippen LogP contribution < -0.4 is 0 Å². The first kappa shape index (κ1) is 15.8. The smallest absolute Gasteiger partial charge is 0.0920 e. The van der Waals surface area contributed by atoms with Crippen molar-refractivity contribution in [2.75, 3.05) is 13.1 Å². The van der Waals surface area contributed by atoms with Crippen molar-refractivity contribution < 1.29 is 0 Å². The fourth-order valence-electron chi connectivity index (χ4n) is 4.49. The summed E-state index contributed by atoms with van der Waals surface area (Å²) in [5.74, 6) is 0.517. The Kier molecular flexibility index (Phi) is 4.61. The van der Waals surface area contributed by atoms with Crippen LogP contribution in [-0.2, 0) is 0 Å². The molecule has 0 unspecified atom stereocenters. The molecule has 1 aliphatic heterocycles. The number of likely N-dealkylation sites (tertiary alicyclic amines) is 1. The average molecular weight is 321 g/mol. The van der Waals surface area contributed by atoms with Crippen molar-refractivity contribution in [3.05, 3.63) is 47.9 Å². The van der Waals surface area contributed by atoms with Gasteiger partial charge >= 0.3 is 0 Å². The molecule has 24 heavy (non-hydrogen) atoms. The molecule has 2 heterocycles. The maximum Gasteiger partial charge on any atom is 0.0920 e. The standard InChI is InChI=1S/C21H27N3/c1-16-6-4-7-17(14-16)20-21(23-12-11-22-20)18-8-5-13-24(15-18)19-9-2-3-10-19/h4,6-7,11-12,14,18-19H,2-3,5,8-10,13,15H2,1H3/t18-/m1/s1. The molecule has 2 aromatic rings. The molecule has 2 fully saturated rings. The molecule has 1 saturated heterocycles. The molecule has 1 saturated carbocycles. The molecule has 0 amide bonds. The molecule has 1 aromatic carbocycles. The zero-order valence-corrected chi connectivity index (χ0v) is 14.6. The third-order valence-electron chi connectivity index (χ3n) is 5.70. The van der Waals surface area contributed by atoms with Gasteiger partial charge in [-0.1, -0.05) is 36.6 Å². The van der Waals surface area contributed by atoms with E-state index < -0.39 is 0 Å². The Labute approximate surface area is 145 Å². The van der Waals surface area contributed by atoms with Gasteiger partial charge in [0.15, 0.2) is 0 Å². The Hall–Kier alpha value is -1.74. The van der Waals surface area contributed by atoms with E-state index in [-0.39, 0.29) is 0 Å². The summed E-state index contributed by atoms with van der Waals surface area (Å²) in [6, 6.07) is 9.46. The van der Waals surface area contributed by atoms with E-state index in [0.29, 0.717) is 5.92 Å². The molecule has 0 radical (unpaired) electrons. The first-order valence-corrected chi connectivity index (χ1v) is 9.43. The molecular weight excluding hydrogens is 294 g/mol. The van der Waals surface area contributed by atoms with Crippen LogP contribution in [-0.4, -0.2) is 34.0 Å². The van der Waals surface area contributed by atoms with Crippen LogP contribution >= 0.6 is 0 Å². The predicted octanol–water partition coefficient (Wildman–Crippen LogP) is 4.57. The fraction of sp³-hybridized carbons (Fsp3) is 0.524. The van der Waals surface area contributed by atoms with Crippen molar-refractivity contribution in [1.82, 2.24) is 14.9 Å². The van der Waals surface area contributed by atoms with Crippen molar-refractivity contribution >= 4 is 0 Å². The Morgan fingerprint density at radius 1 is 1.00 bits per heavy atom. The van der Waals surface area contributed by atoms with Gasteiger partial charge < -0.3 is 0 Å². The largest absolute Gasteiger partial charge is 0.300 e. The van der Waals surface area contributed by atoms with Gasteiger partial charge in [-0.2, -0.15) is 0 Å². The SMILES string of the molecule is Cc1cccc(-c2nccnc2[C@@H]2CCCN(C3CCCC3)C2)c1. The van der Waals surface area contributed by atoms with Gasteiger partial charge in [-0.05, 0) is 45.2 Å². The quantitative estimate of drug-likeness (QED) is 0.829. The number of rotatable bonds is 3. The highest BCUT2D eigenvalue weighted by Gasteiger charge is 2.30.